The van der Waals surface area contributed by atoms with Crippen LogP contribution in [0.5, 0.6) is 0 Å². The van der Waals surface area contributed by atoms with Gasteiger partial charge in [0, 0.05) is 23.6 Å². The number of carbonyl (C=O) groups is 1. The molecule has 26 heavy (non-hydrogen) atoms. The monoisotopic (exact) mass is 382 g/mol. The van der Waals surface area contributed by atoms with Crippen LogP contribution in [-0.2, 0) is 16.0 Å². The largest absolute Gasteiger partial charge is 0.759 e. The highest BCUT2D eigenvalue weighted by molar-refractivity contribution is 6.30. The highest BCUT2D eigenvalue weighted by Gasteiger charge is 2.28. The topological polar surface area (TPSA) is 61.4 Å². The molecule has 2 aromatic carbocycles. The predicted octanol–water partition coefficient (Wildman–Crippen LogP) is 4.35. The smallest absolute Gasteiger partial charge is 0.212 e. The summed E-state index contributed by atoms with van der Waals surface area (Å²) in [5, 5.41) is 11.2. The Bertz CT molecular complexity index is 740. The molecule has 0 radical (unpaired) electrons. The third-order valence-electron chi connectivity index (χ3n) is 4.06. The van der Waals surface area contributed by atoms with Crippen LogP contribution in [0.3, 0.4) is 0 Å². The number of halogens is 3. The fraction of sp³-hybridized carbons (Fsp3) is 0.316. The van der Waals surface area contributed by atoms with Crippen LogP contribution < -0.4 is 5.48 Å². The predicted molar refractivity (Wildman–Crippen MR) is 95.8 cm³/mol. The van der Waals surface area contributed by atoms with Crippen molar-refractivity contribution >= 4 is 17.5 Å². The maximum absolute atomic E-state index is 14.4. The number of benzene rings is 2. The lowest BCUT2D eigenvalue weighted by atomic mass is 9.85. The normalized spacial score (nSPS) is 13.3. The van der Waals surface area contributed by atoms with Gasteiger partial charge in [-0.1, -0.05) is 29.8 Å². The molecular formula is C19H19ClF2NO3-. The maximum atomic E-state index is 14.4. The van der Waals surface area contributed by atoms with Crippen molar-refractivity contribution in [3.05, 3.63) is 75.5 Å². The van der Waals surface area contributed by atoms with E-state index in [1.165, 1.54) is 11.5 Å². The maximum Gasteiger partial charge on any atom is 0.212 e. The van der Waals surface area contributed by atoms with E-state index in [4.69, 9.17) is 16.3 Å². The minimum absolute atomic E-state index is 0.221. The zero-order valence-electron chi connectivity index (χ0n) is 14.2. The van der Waals surface area contributed by atoms with E-state index in [1.54, 1.807) is 31.2 Å². The summed E-state index contributed by atoms with van der Waals surface area (Å²) in [5.41, 5.74) is 2.38. The molecule has 0 saturated heterocycles. The third kappa shape index (κ3) is 5.49. The van der Waals surface area contributed by atoms with Crippen molar-refractivity contribution in [1.29, 1.82) is 0 Å². The first kappa shape index (κ1) is 20.3. The van der Waals surface area contributed by atoms with Crippen molar-refractivity contribution in [3.8, 4) is 0 Å². The number of rotatable bonds is 8. The molecule has 2 atom stereocenters. The second kappa shape index (κ2) is 9.62. The molecule has 2 rings (SSSR count). The first-order valence-electron chi connectivity index (χ1n) is 8.16. The first-order chi connectivity index (χ1) is 12.4. The van der Waals surface area contributed by atoms with Crippen molar-refractivity contribution in [2.75, 3.05) is 6.61 Å². The third-order valence-corrected chi connectivity index (χ3v) is 4.31. The van der Waals surface area contributed by atoms with Crippen LogP contribution in [0.1, 0.15) is 30.4 Å². The van der Waals surface area contributed by atoms with Gasteiger partial charge in [-0.05, 0) is 42.7 Å². The number of amides is 1. The Labute approximate surface area is 155 Å². The molecule has 0 aliphatic rings. The lowest BCUT2D eigenvalue weighted by molar-refractivity contribution is -0.123. The quantitative estimate of drug-likeness (QED) is 0.690. The summed E-state index contributed by atoms with van der Waals surface area (Å²) in [6.45, 7) is 2.01. The molecule has 1 amide bonds. The van der Waals surface area contributed by atoms with Crippen LogP contribution in [0.15, 0.2) is 42.5 Å². The summed E-state index contributed by atoms with van der Waals surface area (Å²) in [6.07, 6.45) is -0.646. The fourth-order valence-electron chi connectivity index (χ4n) is 2.87. The van der Waals surface area contributed by atoms with Crippen LogP contribution in [0.25, 0.3) is 0 Å². The van der Waals surface area contributed by atoms with Crippen molar-refractivity contribution in [2.45, 2.75) is 31.8 Å². The van der Waals surface area contributed by atoms with Crippen LogP contribution in [0.2, 0.25) is 5.02 Å². The highest BCUT2D eigenvalue weighted by atomic mass is 35.5. The van der Waals surface area contributed by atoms with Crippen molar-refractivity contribution in [3.63, 3.8) is 0 Å². The van der Waals surface area contributed by atoms with Gasteiger partial charge in [0.15, 0.2) is 0 Å². The summed E-state index contributed by atoms with van der Waals surface area (Å²) in [7, 11) is 0. The molecule has 0 aromatic heterocycles. The minimum atomic E-state index is -0.757. The summed E-state index contributed by atoms with van der Waals surface area (Å²) < 4.78 is 33.3. The standard InChI is InChI=1S/C19H19ClF2NO3/c1-2-26-18(11-19(24)23-25)16(9-12-3-5-13(20)6-4-12)15-8-7-14(21)10-17(15)22/h3-8,10,16,18H,2,9,11H2,1H3,(H-,23,24,25)/q-1/t16?,18-/m1/s1. The van der Waals surface area contributed by atoms with Gasteiger partial charge in [-0.3, -0.25) is 4.79 Å². The Hall–Kier alpha value is -2.02. The van der Waals surface area contributed by atoms with Crippen LogP contribution >= 0.6 is 11.6 Å². The van der Waals surface area contributed by atoms with Gasteiger partial charge in [-0.25, -0.2) is 8.78 Å². The van der Waals surface area contributed by atoms with E-state index in [1.807, 2.05) is 0 Å². The molecule has 7 heteroatoms. The molecule has 0 bridgehead atoms. The van der Waals surface area contributed by atoms with Gasteiger partial charge in [-0.15, -0.1) is 0 Å². The van der Waals surface area contributed by atoms with Gasteiger partial charge in [0.25, 0.3) is 0 Å². The second-order valence-electron chi connectivity index (χ2n) is 5.83. The summed E-state index contributed by atoms with van der Waals surface area (Å²) in [5.74, 6) is -2.76. The SMILES string of the molecule is CCO[C@H](CC(=O)N[O-])C(Cc1ccc(Cl)cc1)c1ccc(F)cc1F. The Morgan fingerprint density at radius 3 is 2.50 bits per heavy atom. The molecule has 0 aliphatic heterocycles. The number of ether oxygens (including phenoxy) is 1. The van der Waals surface area contributed by atoms with Crippen molar-refractivity contribution in [2.24, 2.45) is 0 Å². The average Bonchev–Trinajstić information content (AvgIpc) is 2.61. The van der Waals surface area contributed by atoms with Crippen LogP contribution in [-0.4, -0.2) is 18.6 Å². The summed E-state index contributed by atoms with van der Waals surface area (Å²) in [6, 6.07) is 10.3. The van der Waals surface area contributed by atoms with Crippen molar-refractivity contribution in [1.82, 2.24) is 5.48 Å². The molecule has 0 fully saturated rings. The Morgan fingerprint density at radius 2 is 1.92 bits per heavy atom. The molecule has 1 unspecified atom stereocenters. The van der Waals surface area contributed by atoms with Gasteiger partial charge in [0.2, 0.25) is 5.91 Å². The van der Waals surface area contributed by atoms with Gasteiger partial charge in [-0.2, -0.15) is 0 Å². The Kier molecular flexibility index (Phi) is 7.50. The van der Waals surface area contributed by atoms with E-state index in [0.29, 0.717) is 11.4 Å². The van der Waals surface area contributed by atoms with E-state index in [2.05, 4.69) is 0 Å². The first-order valence-corrected chi connectivity index (χ1v) is 8.54. The van der Waals surface area contributed by atoms with E-state index in [9.17, 15) is 18.8 Å². The lowest BCUT2D eigenvalue weighted by Gasteiger charge is -2.28. The highest BCUT2D eigenvalue weighted by Crippen LogP contribution is 2.31. The fourth-order valence-corrected chi connectivity index (χ4v) is 3.00. The molecule has 0 aliphatic carbocycles. The number of hydrogen-bond donors (Lipinski definition) is 1. The zero-order valence-corrected chi connectivity index (χ0v) is 14.9. The van der Waals surface area contributed by atoms with E-state index in [-0.39, 0.29) is 18.6 Å². The lowest BCUT2D eigenvalue weighted by Crippen LogP contribution is -2.31. The molecule has 0 spiro atoms. The van der Waals surface area contributed by atoms with Gasteiger partial charge in [0.05, 0.1) is 12.5 Å². The van der Waals surface area contributed by atoms with E-state index < -0.39 is 29.6 Å². The average molecular weight is 383 g/mol. The Balaban J connectivity index is 2.40. The van der Waals surface area contributed by atoms with Gasteiger partial charge in [0.1, 0.15) is 11.6 Å². The van der Waals surface area contributed by atoms with Crippen LogP contribution in [0.4, 0.5) is 8.78 Å². The van der Waals surface area contributed by atoms with E-state index >= 15 is 0 Å². The second-order valence-corrected chi connectivity index (χ2v) is 6.26. The number of carbonyl (C=O) groups excluding carboxylic acids is 1. The molecule has 4 nitrogen and oxygen atoms in total. The van der Waals surface area contributed by atoms with Gasteiger partial charge < -0.3 is 15.4 Å². The molecule has 0 heterocycles. The molecule has 1 N–H and O–H groups in total. The minimum Gasteiger partial charge on any atom is -0.759 e. The number of nitrogens with one attached hydrogen (secondary N) is 1. The zero-order chi connectivity index (χ0) is 19.1. The number of hydroxylamine groups is 1. The van der Waals surface area contributed by atoms with Gasteiger partial charge >= 0.3 is 0 Å². The summed E-state index contributed by atoms with van der Waals surface area (Å²) in [4.78, 5) is 11.6. The summed E-state index contributed by atoms with van der Waals surface area (Å²) >= 11 is 5.89. The molecule has 140 valence electrons. The van der Waals surface area contributed by atoms with Crippen LogP contribution in [0, 0.1) is 16.8 Å². The number of hydrogen-bond acceptors (Lipinski definition) is 3. The Morgan fingerprint density at radius 1 is 1.23 bits per heavy atom. The van der Waals surface area contributed by atoms with Crippen molar-refractivity contribution < 1.29 is 18.3 Å². The van der Waals surface area contributed by atoms with E-state index in [0.717, 1.165) is 17.7 Å². The molecule has 0 saturated carbocycles. The molecular weight excluding hydrogens is 364 g/mol. The molecule has 2 aromatic rings.